The number of nitrogens with zero attached hydrogens (tertiary/aromatic N) is 1. The van der Waals surface area contributed by atoms with Gasteiger partial charge >= 0.3 is 12.0 Å². The van der Waals surface area contributed by atoms with Crippen LogP contribution >= 0.6 is 11.6 Å². The molecule has 2 aromatic carbocycles. The zero-order valence-electron chi connectivity index (χ0n) is 22.9. The van der Waals surface area contributed by atoms with Gasteiger partial charge in [-0.2, -0.15) is 5.10 Å². The number of urea groups is 1. The molecule has 0 bridgehead atoms. The van der Waals surface area contributed by atoms with Gasteiger partial charge in [0.15, 0.2) is 29.2 Å². The molecule has 0 saturated carbocycles. The van der Waals surface area contributed by atoms with E-state index < -0.39 is 24.3 Å². The van der Waals surface area contributed by atoms with E-state index in [9.17, 15) is 14.7 Å². The molecule has 2 aromatic rings. The number of rotatable bonds is 13. The maximum Gasteiger partial charge on any atom is 0.337 e. The molecule has 2 atom stereocenters. The molecular weight excluding hydrogens is 544 g/mol. The van der Waals surface area contributed by atoms with E-state index >= 15 is 0 Å². The van der Waals surface area contributed by atoms with Crippen LogP contribution in [0.1, 0.15) is 37.9 Å². The van der Waals surface area contributed by atoms with Crippen LogP contribution in [-0.4, -0.2) is 63.6 Å². The van der Waals surface area contributed by atoms with E-state index in [0.29, 0.717) is 58.1 Å². The number of methoxy groups -OCH3 is 2. The minimum Gasteiger partial charge on any atom is -0.491 e. The summed E-state index contributed by atoms with van der Waals surface area (Å²) in [6, 6.07) is 7.13. The first kappa shape index (κ1) is 30.4. The number of aliphatic hydroxyl groups is 1. The van der Waals surface area contributed by atoms with Crippen LogP contribution in [0.5, 0.6) is 23.0 Å². The van der Waals surface area contributed by atoms with Crippen LogP contribution in [0, 0.1) is 0 Å². The van der Waals surface area contributed by atoms with E-state index in [2.05, 4.69) is 21.2 Å². The average molecular weight is 577 g/mol. The number of carbonyl (C=O) groups is 2. The summed E-state index contributed by atoms with van der Waals surface area (Å²) in [5.41, 5.74) is 4.45. The lowest BCUT2D eigenvalue weighted by Gasteiger charge is -2.28. The first-order chi connectivity index (χ1) is 19.2. The van der Waals surface area contributed by atoms with Gasteiger partial charge in [0.2, 0.25) is 0 Å². The Morgan fingerprint density at radius 3 is 2.52 bits per heavy atom. The molecule has 0 aromatic heterocycles. The third-order valence-corrected chi connectivity index (χ3v) is 5.93. The van der Waals surface area contributed by atoms with Gasteiger partial charge in [-0.25, -0.2) is 9.59 Å². The molecule has 4 N–H and O–H groups in total. The van der Waals surface area contributed by atoms with Gasteiger partial charge in [0.1, 0.15) is 6.61 Å². The van der Waals surface area contributed by atoms with Gasteiger partial charge in [-0.15, -0.1) is 0 Å². The molecule has 2 amide bonds. The number of hydrazone groups is 1. The van der Waals surface area contributed by atoms with E-state index in [0.717, 1.165) is 0 Å². The number of aliphatic hydroxyl groups excluding tert-OH is 1. The zero-order valence-corrected chi connectivity index (χ0v) is 23.6. The Hall–Kier alpha value is -4.16. The molecule has 0 spiro atoms. The van der Waals surface area contributed by atoms with Crippen LogP contribution in [0.25, 0.3) is 0 Å². The smallest absolute Gasteiger partial charge is 0.337 e. The Balaban J connectivity index is 1.70. The summed E-state index contributed by atoms with van der Waals surface area (Å²) in [5, 5.41) is 20.1. The summed E-state index contributed by atoms with van der Waals surface area (Å²) in [5.74, 6) is 1.03. The van der Waals surface area contributed by atoms with Crippen molar-refractivity contribution in [2.24, 2.45) is 5.10 Å². The monoisotopic (exact) mass is 576 g/mol. The summed E-state index contributed by atoms with van der Waals surface area (Å²) in [6.45, 7) is 5.87. The number of hydrogen-bond donors (Lipinski definition) is 4. The molecule has 1 aliphatic heterocycles. The number of halogens is 1. The van der Waals surface area contributed by atoms with Gasteiger partial charge in [0, 0.05) is 5.70 Å². The number of carbonyl (C=O) groups excluding carboxylic acids is 2. The number of benzene rings is 2. The van der Waals surface area contributed by atoms with E-state index in [1.807, 2.05) is 6.92 Å². The van der Waals surface area contributed by atoms with Crippen molar-refractivity contribution in [3.05, 3.63) is 57.8 Å². The molecule has 1 heterocycles. The third-order valence-electron chi connectivity index (χ3n) is 5.65. The van der Waals surface area contributed by atoms with Crippen molar-refractivity contribution in [1.82, 2.24) is 16.1 Å². The highest BCUT2D eigenvalue weighted by atomic mass is 35.5. The van der Waals surface area contributed by atoms with Gasteiger partial charge in [-0.05, 0) is 56.2 Å². The standard InChI is InChI=1S/C27H33ClN4O8/c1-6-38-20-12-17(24-23(26(34)37-5)15(3)30-27(35)31-24)8-9-19(20)40-14-22(33)32-29-13-16-10-18(28)25(36-4)21(11-16)39-7-2/h8-13,22,24,32-33H,6-7,14H2,1-5H3,(H2,30,31,35)/b29-13-/t22-,24-/m1/s1. The van der Waals surface area contributed by atoms with Crippen LogP contribution in [0.4, 0.5) is 4.79 Å². The summed E-state index contributed by atoms with van der Waals surface area (Å²) in [4.78, 5) is 24.5. The molecule has 40 heavy (non-hydrogen) atoms. The minimum atomic E-state index is -1.16. The van der Waals surface area contributed by atoms with Gasteiger partial charge in [-0.3, -0.25) is 5.43 Å². The topological polar surface area (TPSA) is 149 Å². The first-order valence-corrected chi connectivity index (χ1v) is 12.8. The molecule has 1 aliphatic rings. The summed E-state index contributed by atoms with van der Waals surface area (Å²) >= 11 is 6.26. The largest absolute Gasteiger partial charge is 0.491 e. The Kier molecular flexibility index (Phi) is 10.9. The van der Waals surface area contributed by atoms with Crippen molar-refractivity contribution < 1.29 is 38.4 Å². The van der Waals surface area contributed by atoms with Crippen LogP contribution < -0.4 is 35.0 Å². The van der Waals surface area contributed by atoms with Crippen LogP contribution in [0.2, 0.25) is 5.02 Å². The fourth-order valence-electron chi connectivity index (χ4n) is 3.94. The highest BCUT2D eigenvalue weighted by Crippen LogP contribution is 2.36. The number of ether oxygens (including phenoxy) is 5. The van der Waals surface area contributed by atoms with Crippen LogP contribution in [0.15, 0.2) is 46.7 Å². The molecule has 13 heteroatoms. The highest BCUT2D eigenvalue weighted by Gasteiger charge is 2.32. The maximum atomic E-state index is 12.4. The van der Waals surface area contributed by atoms with Crippen molar-refractivity contribution in [3.8, 4) is 23.0 Å². The quantitative estimate of drug-likeness (QED) is 0.122. The SMILES string of the molecule is CCOc1cc([C@H]2NC(=O)NC(C)=C2C(=O)OC)ccc1OC[C@@H](O)N/N=C\c1cc(Cl)c(OC)c(OCC)c1. The van der Waals surface area contributed by atoms with Crippen LogP contribution in [0.3, 0.4) is 0 Å². The molecule has 0 fully saturated rings. The minimum absolute atomic E-state index is 0.166. The number of nitrogens with one attached hydrogen (secondary N) is 3. The Morgan fingerprint density at radius 2 is 1.85 bits per heavy atom. The van der Waals surface area contributed by atoms with Crippen molar-refractivity contribution in [2.45, 2.75) is 33.0 Å². The second kappa shape index (κ2) is 14.3. The lowest BCUT2D eigenvalue weighted by molar-refractivity contribution is -0.136. The lowest BCUT2D eigenvalue weighted by Crippen LogP contribution is -2.45. The third kappa shape index (κ3) is 7.48. The zero-order chi connectivity index (χ0) is 29.2. The molecule has 216 valence electrons. The van der Waals surface area contributed by atoms with Crippen molar-refractivity contribution in [3.63, 3.8) is 0 Å². The predicted molar refractivity (Wildman–Crippen MR) is 148 cm³/mol. The number of amides is 2. The van der Waals surface area contributed by atoms with E-state index in [1.165, 1.54) is 20.4 Å². The van der Waals surface area contributed by atoms with Gasteiger partial charge < -0.3 is 39.4 Å². The predicted octanol–water partition coefficient (Wildman–Crippen LogP) is 3.27. The fourth-order valence-corrected chi connectivity index (χ4v) is 4.24. The first-order valence-electron chi connectivity index (χ1n) is 12.4. The molecule has 3 rings (SSSR count). The second-order valence-corrected chi connectivity index (χ2v) is 8.79. The van der Waals surface area contributed by atoms with E-state index in [4.69, 9.17) is 35.3 Å². The molecular formula is C27H33ClN4O8. The van der Waals surface area contributed by atoms with E-state index in [1.54, 1.807) is 44.2 Å². The summed E-state index contributed by atoms with van der Waals surface area (Å²) in [6.07, 6.45) is 0.310. The van der Waals surface area contributed by atoms with Gasteiger partial charge in [-0.1, -0.05) is 17.7 Å². The van der Waals surface area contributed by atoms with Crippen molar-refractivity contribution in [2.75, 3.05) is 34.0 Å². The lowest BCUT2D eigenvalue weighted by atomic mass is 9.95. The summed E-state index contributed by atoms with van der Waals surface area (Å²) in [7, 11) is 2.77. The average Bonchev–Trinajstić information content (AvgIpc) is 2.92. The maximum absolute atomic E-state index is 12.4. The fraction of sp³-hybridized carbons (Fsp3) is 0.370. The second-order valence-electron chi connectivity index (χ2n) is 8.38. The number of esters is 1. The number of hydrogen-bond acceptors (Lipinski definition) is 10. The highest BCUT2D eigenvalue weighted by molar-refractivity contribution is 6.32. The van der Waals surface area contributed by atoms with Gasteiger partial charge in [0.25, 0.3) is 0 Å². The Labute approximate surface area is 237 Å². The molecule has 0 radical (unpaired) electrons. The molecule has 0 aliphatic carbocycles. The molecule has 0 unspecified atom stereocenters. The summed E-state index contributed by atoms with van der Waals surface area (Å²) < 4.78 is 27.2. The normalized spacial score (nSPS) is 15.7. The van der Waals surface area contributed by atoms with Crippen molar-refractivity contribution >= 4 is 29.8 Å². The molecule has 0 saturated heterocycles. The number of allylic oxidation sites excluding steroid dienone is 1. The Morgan fingerprint density at radius 1 is 1.12 bits per heavy atom. The Bertz CT molecular complexity index is 1280. The van der Waals surface area contributed by atoms with Gasteiger partial charge in [0.05, 0.1) is 50.3 Å². The van der Waals surface area contributed by atoms with E-state index in [-0.39, 0.29) is 12.2 Å². The van der Waals surface area contributed by atoms with Crippen LogP contribution in [-0.2, 0) is 9.53 Å². The van der Waals surface area contributed by atoms with Crippen molar-refractivity contribution in [1.29, 1.82) is 0 Å². The molecule has 12 nitrogen and oxygen atoms in total.